The number of nitrogens with zero attached hydrogens (tertiary/aromatic N) is 1. The first kappa shape index (κ1) is 14.8. The molecule has 1 saturated carbocycles. The summed E-state index contributed by atoms with van der Waals surface area (Å²) in [6, 6.07) is 4.14. The average Bonchev–Trinajstić information content (AvgIpc) is 2.44. The van der Waals surface area contributed by atoms with E-state index in [9.17, 15) is 4.79 Å². The summed E-state index contributed by atoms with van der Waals surface area (Å²) in [5.41, 5.74) is 0. The molecule has 5 heteroatoms. The van der Waals surface area contributed by atoms with Gasteiger partial charge in [-0.05, 0) is 25.5 Å². The minimum atomic E-state index is 0.0780. The highest BCUT2D eigenvalue weighted by Crippen LogP contribution is 2.25. The molecule has 1 fully saturated rings. The summed E-state index contributed by atoms with van der Waals surface area (Å²) in [7, 11) is 0. The third-order valence-corrected chi connectivity index (χ3v) is 3.38. The second-order valence-electron chi connectivity index (χ2n) is 4.98. The van der Waals surface area contributed by atoms with E-state index >= 15 is 0 Å². The van der Waals surface area contributed by atoms with E-state index in [0.29, 0.717) is 24.1 Å². The second kappa shape index (κ2) is 7.24. The van der Waals surface area contributed by atoms with Crippen molar-refractivity contribution in [3.63, 3.8) is 0 Å². The molecule has 1 aromatic heterocycles. The van der Waals surface area contributed by atoms with Crippen molar-refractivity contribution in [3.05, 3.63) is 18.3 Å². The van der Waals surface area contributed by atoms with Gasteiger partial charge >= 0.3 is 0 Å². The second-order valence-corrected chi connectivity index (χ2v) is 4.98. The van der Waals surface area contributed by atoms with Gasteiger partial charge in [0.15, 0.2) is 5.78 Å². The molecular formula is C15H22N2O3. The molecule has 0 bridgehead atoms. The Bertz CT molecular complexity index is 427. The molecule has 20 heavy (non-hydrogen) atoms. The molecule has 0 amide bonds. The largest absolute Gasteiger partial charge is 0.484 e. The van der Waals surface area contributed by atoms with Crippen LogP contribution in [0.3, 0.4) is 0 Å². The predicted molar refractivity (Wildman–Crippen MR) is 76.1 cm³/mol. The molecule has 1 aromatic rings. The number of ketones is 1. The fourth-order valence-electron chi connectivity index (χ4n) is 2.08. The van der Waals surface area contributed by atoms with Crippen LogP contribution in [0.5, 0.6) is 11.6 Å². The quantitative estimate of drug-likeness (QED) is 0.787. The van der Waals surface area contributed by atoms with Gasteiger partial charge in [0.2, 0.25) is 5.88 Å². The Morgan fingerprint density at radius 2 is 2.20 bits per heavy atom. The summed E-state index contributed by atoms with van der Waals surface area (Å²) < 4.78 is 11.1. The van der Waals surface area contributed by atoms with Crippen LogP contribution in [-0.2, 0) is 4.79 Å². The molecule has 0 spiro atoms. The van der Waals surface area contributed by atoms with E-state index in [1.54, 1.807) is 18.3 Å². The standard InChI is InChI=1S/C15H22N2O3/c1-3-12(18)10-19-13-5-6-15(17-9-13)20-14-7-11(8-14)16-4-2/h5-6,9,11,14,16H,3-4,7-8,10H2,1-2H3. The Balaban J connectivity index is 1.73. The minimum absolute atomic E-state index is 0.0780. The van der Waals surface area contributed by atoms with Crippen LogP contribution in [0.4, 0.5) is 0 Å². The first-order chi connectivity index (χ1) is 9.71. The summed E-state index contributed by atoms with van der Waals surface area (Å²) in [4.78, 5) is 15.3. The first-order valence-corrected chi connectivity index (χ1v) is 7.21. The molecule has 1 aliphatic rings. The number of aromatic nitrogens is 1. The number of hydrogen-bond donors (Lipinski definition) is 1. The van der Waals surface area contributed by atoms with Crippen LogP contribution in [0.15, 0.2) is 18.3 Å². The molecule has 1 aliphatic carbocycles. The number of ether oxygens (including phenoxy) is 2. The lowest BCUT2D eigenvalue weighted by molar-refractivity contribution is -0.120. The van der Waals surface area contributed by atoms with E-state index in [-0.39, 0.29) is 18.5 Å². The SMILES string of the molecule is CCNC1CC(Oc2ccc(OCC(=O)CC)cn2)C1. The van der Waals surface area contributed by atoms with E-state index in [4.69, 9.17) is 9.47 Å². The predicted octanol–water partition coefficient (Wildman–Crippen LogP) is 1.96. The van der Waals surface area contributed by atoms with Gasteiger partial charge in [-0.25, -0.2) is 4.98 Å². The zero-order chi connectivity index (χ0) is 14.4. The van der Waals surface area contributed by atoms with E-state index < -0.39 is 0 Å². The van der Waals surface area contributed by atoms with E-state index in [1.165, 1.54) is 0 Å². The summed E-state index contributed by atoms with van der Waals surface area (Å²) in [6.45, 7) is 5.03. The number of carbonyl (C=O) groups is 1. The highest BCUT2D eigenvalue weighted by Gasteiger charge is 2.30. The summed E-state index contributed by atoms with van der Waals surface area (Å²) >= 11 is 0. The molecule has 5 nitrogen and oxygen atoms in total. The molecule has 2 rings (SSSR count). The topological polar surface area (TPSA) is 60.5 Å². The van der Waals surface area contributed by atoms with Crippen molar-refractivity contribution >= 4 is 5.78 Å². The van der Waals surface area contributed by atoms with Crippen molar-refractivity contribution < 1.29 is 14.3 Å². The maximum Gasteiger partial charge on any atom is 0.213 e. The van der Waals surface area contributed by atoms with Gasteiger partial charge in [-0.3, -0.25) is 4.79 Å². The normalized spacial score (nSPS) is 21.1. The lowest BCUT2D eigenvalue weighted by Crippen LogP contribution is -2.46. The molecule has 0 radical (unpaired) electrons. The number of carbonyl (C=O) groups excluding carboxylic acids is 1. The number of pyridine rings is 1. The lowest BCUT2D eigenvalue weighted by atomic mass is 9.89. The molecule has 1 N–H and O–H groups in total. The molecule has 0 aliphatic heterocycles. The van der Waals surface area contributed by atoms with Gasteiger partial charge in [0.25, 0.3) is 0 Å². The van der Waals surface area contributed by atoms with Gasteiger partial charge in [0.05, 0.1) is 6.20 Å². The zero-order valence-corrected chi connectivity index (χ0v) is 12.1. The van der Waals surface area contributed by atoms with Crippen molar-refractivity contribution in [2.75, 3.05) is 13.2 Å². The van der Waals surface area contributed by atoms with Gasteiger partial charge in [0, 0.05) is 18.5 Å². The van der Waals surface area contributed by atoms with Crippen LogP contribution in [0.25, 0.3) is 0 Å². The van der Waals surface area contributed by atoms with Gasteiger partial charge in [-0.1, -0.05) is 13.8 Å². The Morgan fingerprint density at radius 1 is 1.40 bits per heavy atom. The highest BCUT2D eigenvalue weighted by atomic mass is 16.5. The van der Waals surface area contributed by atoms with Crippen LogP contribution in [0.2, 0.25) is 0 Å². The van der Waals surface area contributed by atoms with E-state index in [2.05, 4.69) is 17.2 Å². The number of rotatable bonds is 8. The molecule has 0 saturated heterocycles. The fraction of sp³-hybridized carbons (Fsp3) is 0.600. The summed E-state index contributed by atoms with van der Waals surface area (Å²) in [5, 5.41) is 3.39. The molecule has 0 aromatic carbocycles. The van der Waals surface area contributed by atoms with E-state index in [0.717, 1.165) is 19.4 Å². The van der Waals surface area contributed by atoms with Crippen molar-refractivity contribution in [1.29, 1.82) is 0 Å². The van der Waals surface area contributed by atoms with Crippen molar-refractivity contribution in [1.82, 2.24) is 10.3 Å². The highest BCUT2D eigenvalue weighted by molar-refractivity contribution is 5.79. The first-order valence-electron chi connectivity index (χ1n) is 7.21. The number of Topliss-reactive ketones (excluding diaryl/α,β-unsaturated/α-hetero) is 1. The van der Waals surface area contributed by atoms with Crippen molar-refractivity contribution in [2.45, 2.75) is 45.3 Å². The van der Waals surface area contributed by atoms with Crippen molar-refractivity contribution in [3.8, 4) is 11.6 Å². The van der Waals surface area contributed by atoms with Crippen LogP contribution >= 0.6 is 0 Å². The van der Waals surface area contributed by atoms with Gasteiger partial charge in [-0.2, -0.15) is 0 Å². The van der Waals surface area contributed by atoms with Crippen LogP contribution in [-0.4, -0.2) is 36.1 Å². The Morgan fingerprint density at radius 3 is 2.80 bits per heavy atom. The molecular weight excluding hydrogens is 256 g/mol. The Hall–Kier alpha value is -1.62. The van der Waals surface area contributed by atoms with Crippen LogP contribution in [0.1, 0.15) is 33.1 Å². The van der Waals surface area contributed by atoms with E-state index in [1.807, 2.05) is 6.92 Å². The molecule has 110 valence electrons. The van der Waals surface area contributed by atoms with Gasteiger partial charge in [-0.15, -0.1) is 0 Å². The molecule has 0 atom stereocenters. The summed E-state index contributed by atoms with van der Waals surface area (Å²) in [5.74, 6) is 1.28. The molecule has 0 unspecified atom stereocenters. The Labute approximate surface area is 119 Å². The smallest absolute Gasteiger partial charge is 0.213 e. The van der Waals surface area contributed by atoms with Gasteiger partial charge in [0.1, 0.15) is 18.5 Å². The molecule has 1 heterocycles. The number of hydrogen-bond acceptors (Lipinski definition) is 5. The lowest BCUT2D eigenvalue weighted by Gasteiger charge is -2.35. The third kappa shape index (κ3) is 4.20. The average molecular weight is 278 g/mol. The maximum atomic E-state index is 11.2. The Kier molecular flexibility index (Phi) is 5.35. The van der Waals surface area contributed by atoms with Gasteiger partial charge < -0.3 is 14.8 Å². The zero-order valence-electron chi connectivity index (χ0n) is 12.1. The monoisotopic (exact) mass is 278 g/mol. The van der Waals surface area contributed by atoms with Crippen LogP contribution in [0, 0.1) is 0 Å². The fourth-order valence-corrected chi connectivity index (χ4v) is 2.08. The third-order valence-electron chi connectivity index (χ3n) is 3.38. The van der Waals surface area contributed by atoms with Crippen LogP contribution < -0.4 is 14.8 Å². The maximum absolute atomic E-state index is 11.2. The minimum Gasteiger partial charge on any atom is -0.484 e. The van der Waals surface area contributed by atoms with Crippen molar-refractivity contribution in [2.24, 2.45) is 0 Å². The number of nitrogens with one attached hydrogen (secondary N) is 1. The summed E-state index contributed by atoms with van der Waals surface area (Å²) in [6.07, 6.45) is 4.39.